The minimum Gasteiger partial charge on any atom is -0.508 e. The monoisotopic (exact) mass is 615 g/mol. The molecule has 4 unspecified atom stereocenters. The molecule has 15 nitrogen and oxygen atoms in total. The molecule has 0 bridgehead atoms. The SMILES string of the molecule is CC(C)(C)OC(=O)NC(CCc1ccc(O)cc1)C(=O)NC(CO)C(=O)NCC(=O)NCC1OC1C(=O)Oc1ccccn1. The lowest BCUT2D eigenvalue weighted by Crippen LogP contribution is -2.56. The lowest BCUT2D eigenvalue weighted by atomic mass is 10.0. The number of hydrogen-bond acceptors (Lipinski definition) is 11. The topological polar surface area (TPSA) is 218 Å². The van der Waals surface area contributed by atoms with Crippen molar-refractivity contribution in [2.75, 3.05) is 19.7 Å². The highest BCUT2D eigenvalue weighted by Crippen LogP contribution is 2.23. The second-order valence-electron chi connectivity index (χ2n) is 10.9. The number of hydrogen-bond donors (Lipinski definition) is 6. The highest BCUT2D eigenvalue weighted by atomic mass is 16.6. The molecule has 2 aromatic rings. The molecular weight excluding hydrogens is 578 g/mol. The molecule has 4 amide bonds. The van der Waals surface area contributed by atoms with E-state index >= 15 is 0 Å². The Bertz CT molecular complexity index is 1300. The van der Waals surface area contributed by atoms with Crippen LogP contribution in [0.4, 0.5) is 4.79 Å². The number of carbonyl (C=O) groups excluding carboxylic acids is 5. The van der Waals surface area contributed by atoms with Crippen LogP contribution < -0.4 is 26.0 Å². The van der Waals surface area contributed by atoms with Gasteiger partial charge in [-0.3, -0.25) is 14.4 Å². The number of carbonyl (C=O) groups is 5. The fraction of sp³-hybridized carbons (Fsp3) is 0.448. The van der Waals surface area contributed by atoms with Crippen molar-refractivity contribution in [3.8, 4) is 11.6 Å². The number of rotatable bonds is 14. The van der Waals surface area contributed by atoms with Crippen LogP contribution in [0.5, 0.6) is 11.6 Å². The van der Waals surface area contributed by atoms with Gasteiger partial charge in [0.25, 0.3) is 0 Å². The van der Waals surface area contributed by atoms with Crippen molar-refractivity contribution in [2.45, 2.75) is 63.5 Å². The third kappa shape index (κ3) is 11.5. The normalized spacial score (nSPS) is 16.9. The van der Waals surface area contributed by atoms with Crippen molar-refractivity contribution in [1.29, 1.82) is 0 Å². The Morgan fingerprint density at radius 2 is 1.70 bits per heavy atom. The minimum atomic E-state index is -1.43. The van der Waals surface area contributed by atoms with Crippen LogP contribution in [0.15, 0.2) is 48.7 Å². The number of alkyl carbamates (subject to hydrolysis) is 1. The zero-order valence-electron chi connectivity index (χ0n) is 24.6. The zero-order valence-corrected chi connectivity index (χ0v) is 24.6. The fourth-order valence-electron chi connectivity index (χ4n) is 3.80. The van der Waals surface area contributed by atoms with Crippen LogP contribution in [0.25, 0.3) is 0 Å². The molecule has 3 rings (SSSR count). The first-order valence-corrected chi connectivity index (χ1v) is 13.9. The quantitative estimate of drug-likeness (QED) is 0.120. The molecule has 15 heteroatoms. The molecule has 1 aromatic carbocycles. The average molecular weight is 616 g/mol. The largest absolute Gasteiger partial charge is 0.508 e. The first kappa shape index (κ1) is 33.7. The van der Waals surface area contributed by atoms with E-state index in [1.54, 1.807) is 45.0 Å². The van der Waals surface area contributed by atoms with Crippen molar-refractivity contribution in [3.05, 3.63) is 54.2 Å². The molecule has 0 radical (unpaired) electrons. The number of benzene rings is 1. The molecule has 1 aromatic heterocycles. The molecule has 6 N–H and O–H groups in total. The van der Waals surface area contributed by atoms with Crippen LogP contribution in [-0.4, -0.2) is 94.6 Å². The summed E-state index contributed by atoms with van der Waals surface area (Å²) in [6, 6.07) is 8.57. The summed E-state index contributed by atoms with van der Waals surface area (Å²) >= 11 is 0. The lowest BCUT2D eigenvalue weighted by molar-refractivity contribution is -0.136. The Kier molecular flexibility index (Phi) is 12.0. The fourth-order valence-corrected chi connectivity index (χ4v) is 3.80. The number of aryl methyl sites for hydroxylation is 1. The van der Waals surface area contributed by atoms with Gasteiger partial charge in [0.2, 0.25) is 23.6 Å². The van der Waals surface area contributed by atoms with E-state index in [1.807, 2.05) is 0 Å². The standard InChI is InChI=1S/C29H37N5O10/c1-29(2,3)44-28(41)34-19(12-9-17-7-10-18(36)11-8-17)26(39)33-20(16-35)25(38)32-15-22(37)31-14-21-24(42-21)27(40)43-23-6-4-5-13-30-23/h4-8,10-11,13,19-21,24,35-36H,9,12,14-16H2,1-3H3,(H,31,37)(H,32,38)(H,33,39)(H,34,41). The Hall–Kier alpha value is -4.76. The van der Waals surface area contributed by atoms with Crippen LogP contribution >= 0.6 is 0 Å². The number of ether oxygens (including phenoxy) is 3. The van der Waals surface area contributed by atoms with E-state index in [1.165, 1.54) is 24.4 Å². The summed E-state index contributed by atoms with van der Waals surface area (Å²) in [5, 5.41) is 28.9. The second kappa shape index (κ2) is 15.6. The van der Waals surface area contributed by atoms with Gasteiger partial charge in [0, 0.05) is 18.8 Å². The first-order chi connectivity index (χ1) is 20.8. The molecule has 0 aliphatic carbocycles. The third-order valence-electron chi connectivity index (χ3n) is 6.06. The number of esters is 1. The summed E-state index contributed by atoms with van der Waals surface area (Å²) in [6.07, 6.45) is -0.414. The van der Waals surface area contributed by atoms with Gasteiger partial charge in [-0.15, -0.1) is 0 Å². The number of amides is 4. The van der Waals surface area contributed by atoms with Crippen LogP contribution in [0.3, 0.4) is 0 Å². The molecule has 44 heavy (non-hydrogen) atoms. The third-order valence-corrected chi connectivity index (χ3v) is 6.06. The summed E-state index contributed by atoms with van der Waals surface area (Å²) in [7, 11) is 0. The number of pyridine rings is 1. The Labute approximate surface area is 253 Å². The summed E-state index contributed by atoms with van der Waals surface area (Å²) < 4.78 is 15.6. The Morgan fingerprint density at radius 1 is 0.977 bits per heavy atom. The zero-order chi connectivity index (χ0) is 32.3. The highest BCUT2D eigenvalue weighted by molar-refractivity contribution is 5.93. The van der Waals surface area contributed by atoms with Gasteiger partial charge in [-0.05, 0) is 57.4 Å². The van der Waals surface area contributed by atoms with Crippen LogP contribution in [-0.2, 0) is 35.1 Å². The van der Waals surface area contributed by atoms with Gasteiger partial charge in [0.15, 0.2) is 6.10 Å². The van der Waals surface area contributed by atoms with Gasteiger partial charge < -0.3 is 45.7 Å². The van der Waals surface area contributed by atoms with Crippen molar-refractivity contribution >= 4 is 29.8 Å². The molecule has 1 aliphatic rings. The van der Waals surface area contributed by atoms with E-state index in [9.17, 15) is 34.2 Å². The van der Waals surface area contributed by atoms with E-state index < -0.39 is 72.8 Å². The number of nitrogens with one attached hydrogen (secondary N) is 4. The molecular formula is C29H37N5O10. The van der Waals surface area contributed by atoms with E-state index in [-0.39, 0.29) is 24.6 Å². The maximum atomic E-state index is 13.1. The van der Waals surface area contributed by atoms with Crippen molar-refractivity contribution in [1.82, 2.24) is 26.3 Å². The smallest absolute Gasteiger partial charge is 0.408 e. The van der Waals surface area contributed by atoms with Crippen molar-refractivity contribution in [2.24, 2.45) is 0 Å². The average Bonchev–Trinajstić information content (AvgIpc) is 3.76. The van der Waals surface area contributed by atoms with E-state index in [4.69, 9.17) is 14.2 Å². The number of aliphatic hydroxyl groups is 1. The van der Waals surface area contributed by atoms with E-state index in [0.29, 0.717) is 6.42 Å². The molecule has 0 spiro atoms. The predicted molar refractivity (Wildman–Crippen MR) is 153 cm³/mol. The number of aromatic nitrogens is 1. The van der Waals surface area contributed by atoms with Gasteiger partial charge in [-0.2, -0.15) is 0 Å². The Balaban J connectivity index is 1.46. The number of aromatic hydroxyl groups is 1. The number of epoxide rings is 1. The second-order valence-corrected chi connectivity index (χ2v) is 10.9. The van der Waals surface area contributed by atoms with Crippen LogP contribution in [0.2, 0.25) is 0 Å². The highest BCUT2D eigenvalue weighted by Gasteiger charge is 2.46. The molecule has 0 saturated carbocycles. The van der Waals surface area contributed by atoms with Crippen LogP contribution in [0, 0.1) is 0 Å². The molecule has 4 atom stereocenters. The summed E-state index contributed by atoms with van der Waals surface area (Å²) in [5.41, 5.74) is -0.0480. The summed E-state index contributed by atoms with van der Waals surface area (Å²) in [6.45, 7) is 3.69. The summed E-state index contributed by atoms with van der Waals surface area (Å²) in [4.78, 5) is 66.3. The molecule has 1 saturated heterocycles. The van der Waals surface area contributed by atoms with Gasteiger partial charge >= 0.3 is 12.1 Å². The maximum absolute atomic E-state index is 13.1. The van der Waals surface area contributed by atoms with E-state index in [0.717, 1.165) is 5.56 Å². The number of phenols is 1. The van der Waals surface area contributed by atoms with E-state index in [2.05, 4.69) is 26.3 Å². The molecule has 1 fully saturated rings. The van der Waals surface area contributed by atoms with Crippen molar-refractivity contribution in [3.63, 3.8) is 0 Å². The molecule has 2 heterocycles. The maximum Gasteiger partial charge on any atom is 0.408 e. The van der Waals surface area contributed by atoms with Gasteiger partial charge in [0.1, 0.15) is 29.5 Å². The van der Waals surface area contributed by atoms with Crippen molar-refractivity contribution < 1.29 is 48.4 Å². The lowest BCUT2D eigenvalue weighted by Gasteiger charge is -2.25. The van der Waals surface area contributed by atoms with Crippen LogP contribution in [0.1, 0.15) is 32.8 Å². The summed E-state index contributed by atoms with van der Waals surface area (Å²) in [5.74, 6) is -2.67. The van der Waals surface area contributed by atoms with Gasteiger partial charge in [0.05, 0.1) is 13.2 Å². The molecule has 238 valence electrons. The Morgan fingerprint density at radius 3 is 2.34 bits per heavy atom. The van der Waals surface area contributed by atoms with Gasteiger partial charge in [-0.1, -0.05) is 18.2 Å². The van der Waals surface area contributed by atoms with Gasteiger partial charge in [-0.25, -0.2) is 14.6 Å². The minimum absolute atomic E-state index is 0.0180. The number of nitrogens with zero attached hydrogens (tertiary/aromatic N) is 1. The molecule has 1 aliphatic heterocycles. The predicted octanol–water partition coefficient (Wildman–Crippen LogP) is -0.304. The number of phenolic OH excluding ortho intramolecular Hbond substituents is 1. The number of aliphatic hydroxyl groups excluding tert-OH is 1. The first-order valence-electron chi connectivity index (χ1n) is 13.9.